The maximum atomic E-state index is 12.2. The van der Waals surface area contributed by atoms with E-state index in [0.29, 0.717) is 18.2 Å². The number of aromatic nitrogens is 2. The second-order valence-corrected chi connectivity index (χ2v) is 13.1. The highest BCUT2D eigenvalue weighted by molar-refractivity contribution is 6.67. The highest BCUT2D eigenvalue weighted by Crippen LogP contribution is 2.73. The highest BCUT2D eigenvalue weighted by Gasteiger charge is 2.66. The van der Waals surface area contributed by atoms with Gasteiger partial charge in [-0.15, -0.1) is 5.11 Å². The van der Waals surface area contributed by atoms with E-state index in [0.717, 1.165) is 0 Å². The van der Waals surface area contributed by atoms with Crippen molar-refractivity contribution in [3.63, 3.8) is 0 Å². The van der Waals surface area contributed by atoms with Gasteiger partial charge in [0.15, 0.2) is 0 Å². The van der Waals surface area contributed by atoms with Gasteiger partial charge in [0.25, 0.3) is 5.91 Å². The summed E-state index contributed by atoms with van der Waals surface area (Å²) in [7, 11) is 19.8. The first-order chi connectivity index (χ1) is 14.1. The van der Waals surface area contributed by atoms with Crippen molar-refractivity contribution in [2.45, 2.75) is 65.1 Å². The minimum Gasteiger partial charge on any atom is -0.393 e. The number of aliphatic hydroxyl groups is 1. The van der Waals surface area contributed by atoms with E-state index in [1.807, 2.05) is 20.8 Å². The zero-order valence-corrected chi connectivity index (χ0v) is 22.2. The molecule has 1 heterocycles. The van der Waals surface area contributed by atoms with Crippen LogP contribution in [0.3, 0.4) is 0 Å². The summed E-state index contributed by atoms with van der Waals surface area (Å²) in [5, 5.41) is 17.3. The van der Waals surface area contributed by atoms with Crippen molar-refractivity contribution in [2.24, 2.45) is 5.73 Å². The number of rotatable bonds is 5. The molecule has 0 saturated heterocycles. The topological polar surface area (TPSA) is 113 Å². The number of amides is 1. The summed E-state index contributed by atoms with van der Waals surface area (Å²) < 4.78 is 0. The molecule has 2 rings (SSSR count). The largest absolute Gasteiger partial charge is 0.393 e. The molecule has 1 fully saturated rings. The fourth-order valence-corrected chi connectivity index (χ4v) is 5.56. The molecule has 16 heteroatoms. The van der Waals surface area contributed by atoms with Crippen molar-refractivity contribution in [3.05, 3.63) is 11.8 Å². The van der Waals surface area contributed by atoms with Crippen LogP contribution in [0.1, 0.15) is 37.6 Å². The number of anilines is 2. The Bertz CT molecular complexity index is 905. The number of primary amides is 1. The molecule has 0 radical (unpaired) electrons. The standard InChI is InChI=1S/C16H36B9N5O2/c1-11(2,3)30-10-27-5-6(8(26)32)9(28-10)29-12(17)4-7(31)13(18,16(23,24)25)15(21,22)14(12,19)20/h5,7,31H,4,17-25H2,1-3H3,(H2,26,32)(H2,27,28,29,30). The number of carbonyl (C=O) groups excluding carboxylic acids is 1. The van der Waals surface area contributed by atoms with Crippen LogP contribution in [-0.4, -0.2) is 109 Å². The van der Waals surface area contributed by atoms with Crippen molar-refractivity contribution < 1.29 is 9.90 Å². The fraction of sp³-hybridized carbons (Fsp3) is 0.688. The normalized spacial score (nSPS) is 29.7. The second-order valence-electron chi connectivity index (χ2n) is 13.1. The van der Waals surface area contributed by atoms with Crippen molar-refractivity contribution in [3.8, 4) is 0 Å². The first-order valence-corrected chi connectivity index (χ1v) is 11.5. The lowest BCUT2D eigenvalue weighted by atomic mass is 9.07. The number of nitrogens with one attached hydrogen (secondary N) is 2. The van der Waals surface area contributed by atoms with E-state index in [-0.39, 0.29) is 32.0 Å². The minimum absolute atomic E-state index is 0.119. The number of nitrogens with zero attached hydrogens (tertiary/aromatic N) is 2. The molecule has 164 valence electrons. The first-order valence-electron chi connectivity index (χ1n) is 11.5. The minimum atomic E-state index is -0.591. The number of aliphatic hydroxyl groups excluding tert-OH is 1. The molecule has 1 aromatic heterocycles. The van der Waals surface area contributed by atoms with Crippen LogP contribution in [0.4, 0.5) is 11.8 Å². The van der Waals surface area contributed by atoms with Gasteiger partial charge in [-0.3, -0.25) is 4.79 Å². The monoisotopic (exact) mass is 429 g/mol. The lowest BCUT2D eigenvalue weighted by molar-refractivity contribution is 0.0538. The third kappa shape index (κ3) is 4.16. The van der Waals surface area contributed by atoms with Gasteiger partial charge in [-0.2, -0.15) is 4.98 Å². The number of hydrogen-bond acceptors (Lipinski definition) is 6. The smallest absolute Gasteiger partial charge is 0.254 e. The Morgan fingerprint density at radius 2 is 1.66 bits per heavy atom. The molecule has 0 aromatic carbocycles. The van der Waals surface area contributed by atoms with Crippen LogP contribution in [0.25, 0.3) is 0 Å². The molecule has 3 atom stereocenters. The summed E-state index contributed by atoms with van der Waals surface area (Å²) in [5.41, 5.74) is 5.08. The fourth-order valence-electron chi connectivity index (χ4n) is 5.56. The van der Waals surface area contributed by atoms with E-state index < -0.39 is 17.4 Å². The van der Waals surface area contributed by atoms with Crippen LogP contribution in [0, 0.1) is 0 Å². The van der Waals surface area contributed by atoms with E-state index in [4.69, 9.17) is 5.73 Å². The van der Waals surface area contributed by atoms with Gasteiger partial charge in [0.2, 0.25) is 5.95 Å². The Morgan fingerprint density at radius 3 is 2.09 bits per heavy atom. The number of hydrogen-bond donors (Lipinski definition) is 4. The van der Waals surface area contributed by atoms with Gasteiger partial charge in [0.1, 0.15) is 37.2 Å². The van der Waals surface area contributed by atoms with Crippen molar-refractivity contribution >= 4 is 88.3 Å². The molecule has 3 unspecified atom stereocenters. The zero-order chi connectivity index (χ0) is 25.1. The van der Waals surface area contributed by atoms with Gasteiger partial charge >= 0.3 is 0 Å². The van der Waals surface area contributed by atoms with Gasteiger partial charge in [-0.1, -0.05) is 15.7 Å². The van der Waals surface area contributed by atoms with Crippen LogP contribution < -0.4 is 16.4 Å². The molecular weight excluding hydrogens is 392 g/mol. The summed E-state index contributed by atoms with van der Waals surface area (Å²) in [6.07, 6.45) is 1.40. The number of carbonyl (C=O) groups is 1. The van der Waals surface area contributed by atoms with E-state index >= 15 is 0 Å². The lowest BCUT2D eigenvalue weighted by Crippen LogP contribution is -2.69. The summed E-state index contributed by atoms with van der Waals surface area (Å²) in [6.45, 7) is 6.05. The Balaban J connectivity index is 2.62. The van der Waals surface area contributed by atoms with Gasteiger partial charge < -0.3 is 21.5 Å². The summed E-state index contributed by atoms with van der Waals surface area (Å²) in [5.74, 6) is 0.213. The van der Waals surface area contributed by atoms with Gasteiger partial charge in [0, 0.05) is 11.7 Å². The van der Waals surface area contributed by atoms with Gasteiger partial charge in [-0.05, 0) is 32.6 Å². The number of nitrogens with two attached hydrogens (primary N) is 1. The predicted molar refractivity (Wildman–Crippen MR) is 159 cm³/mol. The Kier molecular flexibility index (Phi) is 6.64. The van der Waals surface area contributed by atoms with Crippen LogP contribution in [0.2, 0.25) is 20.9 Å². The van der Waals surface area contributed by atoms with Gasteiger partial charge in [-0.25, -0.2) is 4.98 Å². The van der Waals surface area contributed by atoms with Crippen molar-refractivity contribution in [1.82, 2.24) is 9.97 Å². The van der Waals surface area contributed by atoms with E-state index in [9.17, 15) is 9.90 Å². The molecule has 1 amide bonds. The lowest BCUT2D eigenvalue weighted by Gasteiger charge is -2.72. The molecule has 1 saturated carbocycles. The van der Waals surface area contributed by atoms with Crippen molar-refractivity contribution in [2.75, 3.05) is 10.6 Å². The molecule has 32 heavy (non-hydrogen) atoms. The summed E-state index contributed by atoms with van der Waals surface area (Å²) >= 11 is 0. The van der Waals surface area contributed by atoms with E-state index in [2.05, 4.69) is 91.2 Å². The SMILES string of the molecule is BC(B)(B)C1(B)C(O)CC(B)(Nc2nc(NC(C)(C)C)ncc2C(N)=O)C(B)(B)C1(B)B. The van der Waals surface area contributed by atoms with E-state index in [1.165, 1.54) is 6.20 Å². The summed E-state index contributed by atoms with van der Waals surface area (Å²) in [4.78, 5) is 21.1. The predicted octanol–water partition coefficient (Wildman–Crippen LogP) is -7.18. The molecule has 0 bridgehead atoms. The molecule has 7 nitrogen and oxygen atoms in total. The van der Waals surface area contributed by atoms with Crippen LogP contribution in [-0.2, 0) is 0 Å². The Morgan fingerprint density at radius 1 is 1.12 bits per heavy atom. The average molecular weight is 428 g/mol. The first kappa shape index (κ1) is 26.9. The molecule has 0 spiro atoms. The Labute approximate surface area is 201 Å². The maximum Gasteiger partial charge on any atom is 0.254 e. The third-order valence-corrected chi connectivity index (χ3v) is 9.00. The zero-order valence-electron chi connectivity index (χ0n) is 22.2. The molecule has 1 aromatic rings. The van der Waals surface area contributed by atoms with E-state index in [1.54, 1.807) is 0 Å². The van der Waals surface area contributed by atoms with Crippen molar-refractivity contribution in [1.29, 1.82) is 0 Å². The maximum absolute atomic E-state index is 12.2. The highest BCUT2D eigenvalue weighted by atomic mass is 16.3. The van der Waals surface area contributed by atoms with Gasteiger partial charge in [0.05, 0.1) is 50.9 Å². The summed E-state index contributed by atoms with van der Waals surface area (Å²) in [6, 6.07) is 0. The average Bonchev–Trinajstić information content (AvgIpc) is 2.56. The molecular formula is C16H36B9N5O2. The third-order valence-electron chi connectivity index (χ3n) is 9.00. The molecule has 1 aliphatic rings. The second kappa shape index (κ2) is 7.88. The quantitative estimate of drug-likeness (QED) is 0.347. The van der Waals surface area contributed by atoms with Crippen LogP contribution >= 0.6 is 0 Å². The molecule has 5 N–H and O–H groups in total. The molecule has 1 aliphatic carbocycles. The molecule has 0 aliphatic heterocycles. The van der Waals surface area contributed by atoms with Crippen LogP contribution in [0.15, 0.2) is 6.20 Å². The van der Waals surface area contributed by atoms with Crippen LogP contribution in [0.5, 0.6) is 0 Å². The Hall–Kier alpha value is -1.31.